The average Bonchev–Trinajstić information content (AvgIpc) is 3.02. The van der Waals surface area contributed by atoms with Crippen LogP contribution in [0.3, 0.4) is 0 Å². The van der Waals surface area contributed by atoms with E-state index >= 15 is 0 Å². The van der Waals surface area contributed by atoms with E-state index in [2.05, 4.69) is 17.4 Å². The number of amides is 1. The third-order valence-corrected chi connectivity index (χ3v) is 5.04. The molecule has 1 fully saturated rings. The number of benzene rings is 1. The first-order valence-electron chi connectivity index (χ1n) is 8.71. The summed E-state index contributed by atoms with van der Waals surface area (Å²) < 4.78 is 5.43. The van der Waals surface area contributed by atoms with Crippen molar-refractivity contribution in [3.8, 4) is 0 Å². The zero-order chi connectivity index (χ0) is 17.9. The first-order valence-corrected chi connectivity index (χ1v) is 8.71. The molecule has 1 aliphatic rings. The topological polar surface area (TPSA) is 79.5 Å². The van der Waals surface area contributed by atoms with Gasteiger partial charge >= 0.3 is 5.97 Å². The number of hydrogen-bond donors (Lipinski definition) is 2. The molecule has 1 amide bonds. The molecular formula is C20H23NO4. The van der Waals surface area contributed by atoms with Gasteiger partial charge in [-0.05, 0) is 30.2 Å². The number of aryl methyl sites for hydroxylation is 1. The number of carbonyl (C=O) groups excluding carboxylic acids is 1. The van der Waals surface area contributed by atoms with E-state index in [4.69, 9.17) is 4.42 Å². The molecule has 0 radical (unpaired) electrons. The summed E-state index contributed by atoms with van der Waals surface area (Å²) in [5.41, 5.74) is 1.43. The van der Waals surface area contributed by atoms with Crippen molar-refractivity contribution >= 4 is 11.9 Å². The molecular weight excluding hydrogens is 318 g/mol. The first kappa shape index (κ1) is 17.3. The van der Waals surface area contributed by atoms with E-state index in [1.807, 2.05) is 18.2 Å². The lowest BCUT2D eigenvalue weighted by Crippen LogP contribution is -2.43. The van der Waals surface area contributed by atoms with Gasteiger partial charge in [-0.1, -0.05) is 43.7 Å². The van der Waals surface area contributed by atoms with Crippen LogP contribution in [0.5, 0.6) is 0 Å². The van der Waals surface area contributed by atoms with Crippen molar-refractivity contribution in [1.29, 1.82) is 0 Å². The molecule has 0 spiro atoms. The van der Waals surface area contributed by atoms with Gasteiger partial charge < -0.3 is 14.8 Å². The van der Waals surface area contributed by atoms with Crippen molar-refractivity contribution in [2.24, 2.45) is 5.41 Å². The van der Waals surface area contributed by atoms with Gasteiger partial charge in [-0.3, -0.25) is 4.79 Å². The molecule has 1 aromatic heterocycles. The fraction of sp³-hybridized carbons (Fsp3) is 0.400. The number of nitrogens with one attached hydrogen (secondary N) is 1. The van der Waals surface area contributed by atoms with Crippen LogP contribution < -0.4 is 5.32 Å². The summed E-state index contributed by atoms with van der Waals surface area (Å²) in [5.74, 6) is -1.01. The Labute approximate surface area is 147 Å². The Kier molecular flexibility index (Phi) is 4.93. The summed E-state index contributed by atoms with van der Waals surface area (Å²) in [5, 5.41) is 12.1. The van der Waals surface area contributed by atoms with Crippen LogP contribution in [-0.4, -0.2) is 23.5 Å². The Balaban J connectivity index is 1.66. The number of rotatable bonds is 7. The zero-order valence-electron chi connectivity index (χ0n) is 14.4. The average molecular weight is 341 g/mol. The maximum Gasteiger partial charge on any atom is 0.339 e. The highest BCUT2D eigenvalue weighted by Crippen LogP contribution is 2.43. The second-order valence-corrected chi connectivity index (χ2v) is 6.80. The van der Waals surface area contributed by atoms with Gasteiger partial charge in [0, 0.05) is 19.0 Å². The lowest BCUT2D eigenvalue weighted by molar-refractivity contribution is 0.0694. The third-order valence-electron chi connectivity index (χ3n) is 5.04. The minimum absolute atomic E-state index is 0.0651. The Morgan fingerprint density at radius 3 is 2.48 bits per heavy atom. The smallest absolute Gasteiger partial charge is 0.339 e. The van der Waals surface area contributed by atoms with Crippen molar-refractivity contribution in [3.63, 3.8) is 0 Å². The van der Waals surface area contributed by atoms with Crippen LogP contribution in [-0.2, 0) is 12.8 Å². The maximum atomic E-state index is 12.4. The monoisotopic (exact) mass is 341 g/mol. The molecule has 1 saturated carbocycles. The van der Waals surface area contributed by atoms with Gasteiger partial charge in [-0.25, -0.2) is 4.79 Å². The summed E-state index contributed by atoms with van der Waals surface area (Å²) in [7, 11) is 0. The van der Waals surface area contributed by atoms with E-state index in [9.17, 15) is 14.7 Å². The van der Waals surface area contributed by atoms with Crippen molar-refractivity contribution in [2.45, 2.75) is 39.0 Å². The summed E-state index contributed by atoms with van der Waals surface area (Å²) in [4.78, 5) is 23.6. The van der Waals surface area contributed by atoms with Gasteiger partial charge in [0.25, 0.3) is 5.91 Å². The molecule has 3 rings (SSSR count). The lowest BCUT2D eigenvalue weighted by Gasteiger charge is -2.42. The second kappa shape index (κ2) is 7.13. The van der Waals surface area contributed by atoms with E-state index in [0.717, 1.165) is 19.3 Å². The van der Waals surface area contributed by atoms with Gasteiger partial charge in [-0.15, -0.1) is 0 Å². The van der Waals surface area contributed by atoms with Crippen molar-refractivity contribution in [2.75, 3.05) is 6.54 Å². The fourth-order valence-corrected chi connectivity index (χ4v) is 3.46. The van der Waals surface area contributed by atoms with Crippen LogP contribution in [0.15, 0.2) is 40.8 Å². The molecule has 0 bridgehead atoms. The van der Waals surface area contributed by atoms with Crippen LogP contribution >= 0.6 is 0 Å². The standard InChI is InChI=1S/C20H23NO4/c1-2-16-15(19(23)24)11-17(25-16)18(22)21-13-20(9-6-10-20)12-14-7-4-3-5-8-14/h3-5,7-8,11H,2,6,9-10,12-13H2,1H3,(H,21,22)(H,23,24). The van der Waals surface area contributed by atoms with Crippen molar-refractivity contribution < 1.29 is 19.1 Å². The quantitative estimate of drug-likeness (QED) is 0.805. The lowest BCUT2D eigenvalue weighted by atomic mass is 9.65. The molecule has 2 aromatic rings. The number of carboxylic acids is 1. The second-order valence-electron chi connectivity index (χ2n) is 6.80. The van der Waals surface area contributed by atoms with Crippen LogP contribution in [0, 0.1) is 5.41 Å². The van der Waals surface area contributed by atoms with Crippen LogP contribution in [0.2, 0.25) is 0 Å². The molecule has 1 aromatic carbocycles. The van der Waals surface area contributed by atoms with E-state index < -0.39 is 5.97 Å². The number of aromatic carboxylic acids is 1. The first-order chi connectivity index (χ1) is 12.0. The predicted octanol–water partition coefficient (Wildman–Crippen LogP) is 3.68. The molecule has 0 saturated heterocycles. The maximum absolute atomic E-state index is 12.4. The third kappa shape index (κ3) is 3.76. The molecule has 132 valence electrons. The van der Waals surface area contributed by atoms with Gasteiger partial charge in [0.05, 0.1) is 0 Å². The van der Waals surface area contributed by atoms with E-state index in [-0.39, 0.29) is 22.6 Å². The number of hydrogen-bond acceptors (Lipinski definition) is 3. The largest absolute Gasteiger partial charge is 0.478 e. The van der Waals surface area contributed by atoms with Crippen LogP contribution in [0.1, 0.15) is 58.4 Å². The summed E-state index contributed by atoms with van der Waals surface area (Å²) in [6.07, 6.45) is 4.72. The van der Waals surface area contributed by atoms with E-state index in [1.54, 1.807) is 6.92 Å². The van der Waals surface area contributed by atoms with Crippen LogP contribution in [0.25, 0.3) is 0 Å². The molecule has 2 N–H and O–H groups in total. The van der Waals surface area contributed by atoms with Gasteiger partial charge in [0.15, 0.2) is 5.76 Å². The highest BCUT2D eigenvalue weighted by atomic mass is 16.4. The molecule has 5 heteroatoms. The van der Waals surface area contributed by atoms with Gasteiger partial charge in [0.2, 0.25) is 0 Å². The Bertz CT molecular complexity index is 759. The normalized spacial score (nSPS) is 15.4. The molecule has 5 nitrogen and oxygen atoms in total. The summed E-state index contributed by atoms with van der Waals surface area (Å²) >= 11 is 0. The van der Waals surface area contributed by atoms with Crippen LogP contribution in [0.4, 0.5) is 0 Å². The number of carbonyl (C=O) groups is 2. The molecule has 1 aliphatic carbocycles. The molecule has 0 unspecified atom stereocenters. The predicted molar refractivity (Wildman–Crippen MR) is 93.8 cm³/mol. The Morgan fingerprint density at radius 2 is 1.96 bits per heavy atom. The molecule has 0 aliphatic heterocycles. The van der Waals surface area contributed by atoms with E-state index in [0.29, 0.717) is 18.7 Å². The van der Waals surface area contributed by atoms with Crippen molar-refractivity contribution in [1.82, 2.24) is 5.32 Å². The summed E-state index contributed by atoms with van der Waals surface area (Å²) in [6.45, 7) is 2.38. The Hall–Kier alpha value is -2.56. The summed E-state index contributed by atoms with van der Waals surface area (Å²) in [6, 6.07) is 11.6. The SMILES string of the molecule is CCc1oc(C(=O)NCC2(Cc3ccccc3)CCC2)cc1C(=O)O. The highest BCUT2D eigenvalue weighted by Gasteiger charge is 2.37. The minimum atomic E-state index is -1.07. The number of furan rings is 1. The highest BCUT2D eigenvalue weighted by molar-refractivity contribution is 5.96. The molecule has 25 heavy (non-hydrogen) atoms. The Morgan fingerprint density at radius 1 is 1.24 bits per heavy atom. The van der Waals surface area contributed by atoms with Crippen molar-refractivity contribution in [3.05, 3.63) is 59.0 Å². The van der Waals surface area contributed by atoms with Gasteiger partial charge in [-0.2, -0.15) is 0 Å². The molecule has 0 atom stereocenters. The van der Waals surface area contributed by atoms with E-state index in [1.165, 1.54) is 18.1 Å². The molecule has 1 heterocycles. The zero-order valence-corrected chi connectivity index (χ0v) is 14.4. The number of carboxylic acid groups (broad SMARTS) is 1. The minimum Gasteiger partial charge on any atom is -0.478 e. The van der Waals surface area contributed by atoms with Gasteiger partial charge in [0.1, 0.15) is 11.3 Å². The fourth-order valence-electron chi connectivity index (χ4n) is 3.46.